The molecule has 0 aliphatic heterocycles. The number of nitrogens with two attached hydrogens (primary N) is 1. The minimum absolute atomic E-state index is 0.135. The zero-order valence-corrected chi connectivity index (χ0v) is 12.6. The van der Waals surface area contributed by atoms with Gasteiger partial charge in [-0.3, -0.25) is 5.10 Å². The van der Waals surface area contributed by atoms with Gasteiger partial charge in [0.15, 0.2) is 0 Å². The second-order valence-corrected chi connectivity index (χ2v) is 5.55. The molecule has 0 radical (unpaired) electrons. The van der Waals surface area contributed by atoms with Crippen LogP contribution in [0, 0.1) is 5.82 Å². The van der Waals surface area contributed by atoms with E-state index in [4.69, 9.17) is 5.73 Å². The Balaban J connectivity index is 2.13. The topological polar surface area (TPSA) is 84.7 Å². The molecule has 0 aliphatic rings. The van der Waals surface area contributed by atoms with E-state index < -0.39 is 0 Å². The predicted octanol–water partition coefficient (Wildman–Crippen LogP) is 3.24. The summed E-state index contributed by atoms with van der Waals surface area (Å²) in [6, 6.07) is 9.97. The molecule has 3 N–H and O–H groups in total. The molecule has 4 rings (SSSR count). The van der Waals surface area contributed by atoms with E-state index in [0.717, 1.165) is 39.1 Å². The van der Waals surface area contributed by atoms with Crippen molar-refractivity contribution in [3.63, 3.8) is 0 Å². The molecule has 2 aromatic carbocycles. The first-order valence-electron chi connectivity index (χ1n) is 7.42. The van der Waals surface area contributed by atoms with E-state index in [-0.39, 0.29) is 12.2 Å². The number of nitrogens with one attached hydrogen (secondary N) is 1. The Hall–Kier alpha value is -3.28. The Labute approximate surface area is 136 Å². The Bertz CT molecular complexity index is 1070. The SMILES string of the molecule is Nc1nc(CC=O)c(-c2ccc(F)cc2)c2cc3cn[nH]c3cc12. The van der Waals surface area contributed by atoms with Crippen LogP contribution in [0.4, 0.5) is 10.2 Å². The number of aldehydes is 1. The van der Waals surface area contributed by atoms with E-state index in [9.17, 15) is 9.18 Å². The van der Waals surface area contributed by atoms with Crippen LogP contribution in [0.1, 0.15) is 5.69 Å². The van der Waals surface area contributed by atoms with Crippen LogP contribution in [0.5, 0.6) is 0 Å². The van der Waals surface area contributed by atoms with Crippen molar-refractivity contribution in [2.45, 2.75) is 6.42 Å². The molecule has 6 heteroatoms. The minimum atomic E-state index is -0.319. The highest BCUT2D eigenvalue weighted by Gasteiger charge is 2.15. The molecule has 0 unspecified atom stereocenters. The van der Waals surface area contributed by atoms with Gasteiger partial charge in [0.25, 0.3) is 0 Å². The number of rotatable bonds is 3. The summed E-state index contributed by atoms with van der Waals surface area (Å²) >= 11 is 0. The number of aromatic nitrogens is 3. The molecule has 118 valence electrons. The zero-order chi connectivity index (χ0) is 16.7. The van der Waals surface area contributed by atoms with Gasteiger partial charge in [-0.1, -0.05) is 12.1 Å². The number of pyridine rings is 1. The highest BCUT2D eigenvalue weighted by atomic mass is 19.1. The van der Waals surface area contributed by atoms with Crippen LogP contribution < -0.4 is 5.73 Å². The molecular formula is C18H13FN4O. The number of benzene rings is 2. The number of H-pyrrole nitrogens is 1. The number of hydrogen-bond donors (Lipinski definition) is 2. The van der Waals surface area contributed by atoms with E-state index in [1.165, 1.54) is 12.1 Å². The number of hydrogen-bond acceptors (Lipinski definition) is 4. The van der Waals surface area contributed by atoms with Gasteiger partial charge in [0.1, 0.15) is 17.9 Å². The Morgan fingerprint density at radius 1 is 1.17 bits per heavy atom. The molecule has 24 heavy (non-hydrogen) atoms. The van der Waals surface area contributed by atoms with Crippen LogP contribution in [-0.4, -0.2) is 21.5 Å². The highest BCUT2D eigenvalue weighted by molar-refractivity contribution is 6.08. The van der Waals surface area contributed by atoms with Crippen LogP contribution in [0.2, 0.25) is 0 Å². The summed E-state index contributed by atoms with van der Waals surface area (Å²) < 4.78 is 13.3. The van der Waals surface area contributed by atoms with Crippen molar-refractivity contribution < 1.29 is 9.18 Å². The fourth-order valence-corrected chi connectivity index (χ4v) is 2.99. The van der Waals surface area contributed by atoms with Crippen LogP contribution in [0.15, 0.2) is 42.6 Å². The molecule has 0 aliphatic carbocycles. The van der Waals surface area contributed by atoms with Crippen LogP contribution in [0.25, 0.3) is 32.8 Å². The zero-order valence-electron chi connectivity index (χ0n) is 12.6. The van der Waals surface area contributed by atoms with E-state index in [1.807, 2.05) is 12.1 Å². The molecule has 0 atom stereocenters. The summed E-state index contributed by atoms with van der Waals surface area (Å²) in [5.41, 5.74) is 9.09. The standard InChI is InChI=1S/C18H13FN4O/c19-12-3-1-10(2-4-12)17-13-7-11-9-21-23-16(11)8-14(13)18(20)22-15(17)5-6-24/h1-4,6-9H,5H2,(H2,20,22)(H,21,23). The van der Waals surface area contributed by atoms with Gasteiger partial charge in [-0.15, -0.1) is 0 Å². The summed E-state index contributed by atoms with van der Waals surface area (Å²) in [5.74, 6) is 0.0323. The fraction of sp³-hybridized carbons (Fsp3) is 0.0556. The van der Waals surface area contributed by atoms with Crippen LogP contribution in [0.3, 0.4) is 0 Å². The summed E-state index contributed by atoms with van der Waals surface area (Å²) in [6.45, 7) is 0. The van der Waals surface area contributed by atoms with Gasteiger partial charge in [-0.25, -0.2) is 9.37 Å². The van der Waals surface area contributed by atoms with E-state index in [0.29, 0.717) is 11.5 Å². The van der Waals surface area contributed by atoms with Gasteiger partial charge in [0, 0.05) is 22.8 Å². The quantitative estimate of drug-likeness (QED) is 0.568. The Kier molecular flexibility index (Phi) is 3.23. The van der Waals surface area contributed by atoms with E-state index >= 15 is 0 Å². The molecule has 0 spiro atoms. The largest absolute Gasteiger partial charge is 0.383 e. The summed E-state index contributed by atoms with van der Waals surface area (Å²) in [4.78, 5) is 15.5. The van der Waals surface area contributed by atoms with Crippen molar-refractivity contribution >= 4 is 33.8 Å². The molecule has 2 heterocycles. The lowest BCUT2D eigenvalue weighted by molar-refractivity contribution is -0.107. The maximum atomic E-state index is 13.3. The van der Waals surface area contributed by atoms with Crippen molar-refractivity contribution in [2.75, 3.05) is 5.73 Å². The van der Waals surface area contributed by atoms with E-state index in [1.54, 1.807) is 18.3 Å². The number of carbonyl (C=O) groups is 1. The Morgan fingerprint density at radius 3 is 2.71 bits per heavy atom. The van der Waals surface area contributed by atoms with Gasteiger partial charge in [-0.2, -0.15) is 5.10 Å². The third-order valence-electron chi connectivity index (χ3n) is 4.08. The van der Waals surface area contributed by atoms with Crippen molar-refractivity contribution in [3.8, 4) is 11.1 Å². The molecule has 4 aromatic rings. The summed E-state index contributed by atoms with van der Waals surface area (Å²) in [6.07, 6.45) is 2.65. The first kappa shape index (κ1) is 14.3. The number of nitrogens with zero attached hydrogens (tertiary/aromatic N) is 2. The minimum Gasteiger partial charge on any atom is -0.383 e. The van der Waals surface area contributed by atoms with Gasteiger partial charge < -0.3 is 10.5 Å². The van der Waals surface area contributed by atoms with Gasteiger partial charge >= 0.3 is 0 Å². The molecule has 5 nitrogen and oxygen atoms in total. The lowest BCUT2D eigenvalue weighted by Crippen LogP contribution is -2.02. The number of anilines is 1. The normalized spacial score (nSPS) is 11.2. The fourth-order valence-electron chi connectivity index (χ4n) is 2.99. The van der Waals surface area contributed by atoms with Gasteiger partial charge in [0.05, 0.1) is 17.4 Å². The highest BCUT2D eigenvalue weighted by Crippen LogP contribution is 2.36. The first-order chi connectivity index (χ1) is 11.7. The van der Waals surface area contributed by atoms with Gasteiger partial charge in [-0.05, 0) is 35.2 Å². The lowest BCUT2D eigenvalue weighted by atomic mass is 9.95. The smallest absolute Gasteiger partial charge is 0.131 e. The first-order valence-corrected chi connectivity index (χ1v) is 7.42. The van der Waals surface area contributed by atoms with E-state index in [2.05, 4.69) is 15.2 Å². The number of halogens is 1. The third kappa shape index (κ3) is 2.20. The number of aromatic amines is 1. The second kappa shape index (κ2) is 5.42. The maximum Gasteiger partial charge on any atom is 0.131 e. The molecule has 0 bridgehead atoms. The molecular weight excluding hydrogens is 307 g/mol. The molecule has 0 amide bonds. The van der Waals surface area contributed by atoms with Crippen molar-refractivity contribution in [2.24, 2.45) is 0 Å². The maximum absolute atomic E-state index is 13.3. The monoisotopic (exact) mass is 320 g/mol. The van der Waals surface area contributed by atoms with Crippen LogP contribution in [-0.2, 0) is 11.2 Å². The van der Waals surface area contributed by atoms with Crippen molar-refractivity contribution in [3.05, 3.63) is 54.1 Å². The molecule has 0 saturated carbocycles. The molecule has 2 aromatic heterocycles. The number of carbonyl (C=O) groups excluding carboxylic acids is 1. The predicted molar refractivity (Wildman–Crippen MR) is 91.0 cm³/mol. The molecule has 0 fully saturated rings. The van der Waals surface area contributed by atoms with Crippen molar-refractivity contribution in [1.29, 1.82) is 0 Å². The van der Waals surface area contributed by atoms with Crippen LogP contribution >= 0.6 is 0 Å². The second-order valence-electron chi connectivity index (χ2n) is 5.55. The molecule has 0 saturated heterocycles. The summed E-state index contributed by atoms with van der Waals surface area (Å²) in [5, 5.41) is 9.49. The van der Waals surface area contributed by atoms with Crippen molar-refractivity contribution in [1.82, 2.24) is 15.2 Å². The van der Waals surface area contributed by atoms with Gasteiger partial charge in [0.2, 0.25) is 0 Å². The Morgan fingerprint density at radius 2 is 1.96 bits per heavy atom. The number of fused-ring (bicyclic) bond motifs is 2. The summed E-state index contributed by atoms with van der Waals surface area (Å²) in [7, 11) is 0. The lowest BCUT2D eigenvalue weighted by Gasteiger charge is -2.13. The average molecular weight is 320 g/mol. The number of nitrogen functional groups attached to an aromatic ring is 1. The average Bonchev–Trinajstić information content (AvgIpc) is 3.03. The third-order valence-corrected chi connectivity index (χ3v) is 4.08.